The van der Waals surface area contributed by atoms with Crippen LogP contribution < -0.4 is 4.74 Å². The Morgan fingerprint density at radius 1 is 1.21 bits per heavy atom. The zero-order valence-corrected chi connectivity index (χ0v) is 15.9. The number of fused-ring (bicyclic) bond motifs is 2. The third-order valence-electron chi connectivity index (χ3n) is 5.38. The van der Waals surface area contributed by atoms with E-state index in [4.69, 9.17) is 14.5 Å². The maximum Gasteiger partial charge on any atom is 0.338 e. The number of hydrogen-bond donors (Lipinski definition) is 1. The predicted molar refractivity (Wildman–Crippen MR) is 108 cm³/mol. The van der Waals surface area contributed by atoms with Crippen LogP contribution in [-0.2, 0) is 11.3 Å². The molecule has 1 aliphatic carbocycles. The fourth-order valence-corrected chi connectivity index (χ4v) is 3.76. The number of hydrogen-bond acceptors (Lipinski definition) is 4. The van der Waals surface area contributed by atoms with E-state index in [0.717, 1.165) is 29.5 Å². The van der Waals surface area contributed by atoms with Gasteiger partial charge in [0.25, 0.3) is 0 Å². The second-order valence-electron chi connectivity index (χ2n) is 7.29. The van der Waals surface area contributed by atoms with Crippen LogP contribution in [-0.4, -0.2) is 34.7 Å². The molecule has 2 aromatic carbocycles. The molecular formula is C22H21N3O3. The number of esters is 1. The molecule has 1 saturated carbocycles. The highest BCUT2D eigenvalue weighted by Gasteiger charge is 2.25. The van der Waals surface area contributed by atoms with Crippen LogP contribution in [0.3, 0.4) is 0 Å². The summed E-state index contributed by atoms with van der Waals surface area (Å²) in [6.45, 7) is 0.991. The van der Waals surface area contributed by atoms with E-state index < -0.39 is 5.97 Å². The number of methoxy groups -OCH3 is 2. The lowest BCUT2D eigenvalue weighted by molar-refractivity contribution is 0.0600. The van der Waals surface area contributed by atoms with Gasteiger partial charge in [0, 0.05) is 17.4 Å². The van der Waals surface area contributed by atoms with Crippen molar-refractivity contribution >= 4 is 27.9 Å². The second kappa shape index (κ2) is 6.41. The van der Waals surface area contributed by atoms with Gasteiger partial charge in [0.2, 0.25) is 0 Å². The van der Waals surface area contributed by atoms with Crippen molar-refractivity contribution in [3.8, 4) is 17.3 Å². The molecule has 0 bridgehead atoms. The summed E-state index contributed by atoms with van der Waals surface area (Å²) in [5.74, 6) is 1.65. The molecule has 2 aromatic heterocycles. The van der Waals surface area contributed by atoms with Gasteiger partial charge in [-0.3, -0.25) is 0 Å². The number of nitrogens with zero attached hydrogens (tertiary/aromatic N) is 2. The summed E-state index contributed by atoms with van der Waals surface area (Å²) in [6, 6.07) is 14.0. The molecule has 1 fully saturated rings. The quantitative estimate of drug-likeness (QED) is 0.525. The van der Waals surface area contributed by atoms with E-state index in [-0.39, 0.29) is 0 Å². The van der Waals surface area contributed by atoms with Crippen LogP contribution in [0.25, 0.3) is 33.5 Å². The van der Waals surface area contributed by atoms with Crippen molar-refractivity contribution < 1.29 is 14.3 Å². The molecule has 142 valence electrons. The predicted octanol–water partition coefficient (Wildman–Crippen LogP) is 4.39. The first-order valence-corrected chi connectivity index (χ1v) is 9.42. The summed E-state index contributed by atoms with van der Waals surface area (Å²) >= 11 is 0. The highest BCUT2D eigenvalue weighted by atomic mass is 16.5. The Morgan fingerprint density at radius 3 is 2.79 bits per heavy atom. The van der Waals surface area contributed by atoms with Crippen LogP contribution in [0.1, 0.15) is 23.2 Å². The van der Waals surface area contributed by atoms with Crippen molar-refractivity contribution in [3.05, 3.63) is 48.0 Å². The highest BCUT2D eigenvalue weighted by Crippen LogP contribution is 2.36. The van der Waals surface area contributed by atoms with Gasteiger partial charge in [0.1, 0.15) is 11.3 Å². The molecule has 0 radical (unpaired) electrons. The van der Waals surface area contributed by atoms with Crippen LogP contribution in [0.15, 0.2) is 42.5 Å². The van der Waals surface area contributed by atoms with Gasteiger partial charge in [-0.1, -0.05) is 18.2 Å². The van der Waals surface area contributed by atoms with E-state index in [0.29, 0.717) is 16.8 Å². The Bertz CT molecular complexity index is 1200. The number of aromatic nitrogens is 3. The number of aromatic amines is 1. The monoisotopic (exact) mass is 375 g/mol. The molecule has 0 aliphatic heterocycles. The van der Waals surface area contributed by atoms with Crippen molar-refractivity contribution in [3.63, 3.8) is 0 Å². The smallest absolute Gasteiger partial charge is 0.338 e. The summed E-state index contributed by atoms with van der Waals surface area (Å²) in [5, 5.41) is 1.20. The largest absolute Gasteiger partial charge is 0.494 e. The average Bonchev–Trinajstić information content (AvgIpc) is 3.32. The molecule has 5 rings (SSSR count). The van der Waals surface area contributed by atoms with Gasteiger partial charge in [-0.05, 0) is 43.0 Å². The molecular weight excluding hydrogens is 354 g/mol. The van der Waals surface area contributed by atoms with Crippen LogP contribution in [0.2, 0.25) is 0 Å². The fraction of sp³-hybridized carbons (Fsp3) is 0.273. The van der Waals surface area contributed by atoms with Gasteiger partial charge in [-0.15, -0.1) is 0 Å². The van der Waals surface area contributed by atoms with Crippen LogP contribution in [0.5, 0.6) is 5.75 Å². The van der Waals surface area contributed by atoms with E-state index in [1.165, 1.54) is 30.9 Å². The molecule has 0 spiro atoms. The van der Waals surface area contributed by atoms with Crippen LogP contribution >= 0.6 is 0 Å². The minimum atomic E-state index is -0.404. The second-order valence-corrected chi connectivity index (χ2v) is 7.29. The van der Waals surface area contributed by atoms with Gasteiger partial charge in [0.05, 0.1) is 31.0 Å². The molecule has 28 heavy (non-hydrogen) atoms. The summed E-state index contributed by atoms with van der Waals surface area (Å²) in [6.07, 6.45) is 2.56. The SMILES string of the molecule is COC(=O)c1cc(OC)c2nc(-c3cc4ccccc4n3CC3CC3)[nH]c2c1. The molecule has 2 heterocycles. The first-order chi connectivity index (χ1) is 13.7. The number of ether oxygens (including phenoxy) is 2. The maximum atomic E-state index is 12.0. The fourth-order valence-electron chi connectivity index (χ4n) is 3.76. The van der Waals surface area contributed by atoms with E-state index >= 15 is 0 Å². The topological polar surface area (TPSA) is 69.1 Å². The molecule has 1 aliphatic rings. The van der Waals surface area contributed by atoms with Gasteiger partial charge < -0.3 is 19.0 Å². The first-order valence-electron chi connectivity index (χ1n) is 9.42. The zero-order valence-electron chi connectivity index (χ0n) is 15.9. The Labute approximate surface area is 162 Å². The van der Waals surface area contributed by atoms with Crippen molar-refractivity contribution in [2.45, 2.75) is 19.4 Å². The lowest BCUT2D eigenvalue weighted by Crippen LogP contribution is -2.02. The molecule has 0 unspecified atom stereocenters. The van der Waals surface area contributed by atoms with Crippen molar-refractivity contribution in [2.75, 3.05) is 14.2 Å². The normalized spacial score (nSPS) is 13.9. The number of carbonyl (C=O) groups is 1. The minimum Gasteiger partial charge on any atom is -0.494 e. The van der Waals surface area contributed by atoms with E-state index in [1.54, 1.807) is 19.2 Å². The number of benzene rings is 2. The number of imidazole rings is 1. The van der Waals surface area contributed by atoms with Gasteiger partial charge in [-0.25, -0.2) is 9.78 Å². The number of carbonyl (C=O) groups excluding carboxylic acids is 1. The third kappa shape index (κ3) is 2.72. The Kier molecular flexibility index (Phi) is 3.86. The van der Waals surface area contributed by atoms with Crippen molar-refractivity contribution in [2.24, 2.45) is 5.92 Å². The number of para-hydroxylation sites is 1. The summed E-state index contributed by atoms with van der Waals surface area (Å²) < 4.78 is 12.7. The summed E-state index contributed by atoms with van der Waals surface area (Å²) in [4.78, 5) is 20.2. The summed E-state index contributed by atoms with van der Waals surface area (Å²) in [7, 11) is 2.95. The van der Waals surface area contributed by atoms with E-state index in [2.05, 4.69) is 39.9 Å². The third-order valence-corrected chi connectivity index (χ3v) is 5.38. The zero-order chi connectivity index (χ0) is 19.3. The van der Waals surface area contributed by atoms with Crippen molar-refractivity contribution in [1.29, 1.82) is 0 Å². The first kappa shape index (κ1) is 16.9. The van der Waals surface area contributed by atoms with Crippen LogP contribution in [0.4, 0.5) is 0 Å². The lowest BCUT2D eigenvalue weighted by atomic mass is 10.2. The van der Waals surface area contributed by atoms with Gasteiger partial charge in [-0.2, -0.15) is 0 Å². The molecule has 0 amide bonds. The van der Waals surface area contributed by atoms with Gasteiger partial charge in [0.15, 0.2) is 5.82 Å². The standard InChI is InChI=1S/C22H21N3O3/c1-27-19-11-15(22(26)28-2)9-16-20(19)24-21(23-16)18-10-14-5-3-4-6-17(14)25(18)12-13-7-8-13/h3-6,9-11,13H,7-8,12H2,1-2H3,(H,23,24). The molecule has 0 atom stereocenters. The average molecular weight is 375 g/mol. The molecule has 1 N–H and O–H groups in total. The highest BCUT2D eigenvalue weighted by molar-refractivity contribution is 5.97. The van der Waals surface area contributed by atoms with Crippen LogP contribution in [0, 0.1) is 5.92 Å². The number of nitrogens with one attached hydrogen (secondary N) is 1. The maximum absolute atomic E-state index is 12.0. The molecule has 4 aromatic rings. The number of rotatable bonds is 5. The van der Waals surface area contributed by atoms with E-state index in [9.17, 15) is 4.79 Å². The van der Waals surface area contributed by atoms with Crippen molar-refractivity contribution in [1.82, 2.24) is 14.5 Å². The number of H-pyrrole nitrogens is 1. The lowest BCUT2D eigenvalue weighted by Gasteiger charge is -2.08. The summed E-state index contributed by atoms with van der Waals surface area (Å²) in [5.41, 5.74) is 4.14. The Morgan fingerprint density at radius 2 is 2.04 bits per heavy atom. The molecule has 6 nitrogen and oxygen atoms in total. The van der Waals surface area contributed by atoms with Gasteiger partial charge >= 0.3 is 5.97 Å². The Balaban J connectivity index is 1.70. The van der Waals surface area contributed by atoms with E-state index in [1.807, 2.05) is 0 Å². The Hall–Kier alpha value is -3.28. The molecule has 0 saturated heterocycles. The minimum absolute atomic E-state index is 0.404. The molecule has 6 heteroatoms.